The highest BCUT2D eigenvalue weighted by atomic mass is 16.2. The minimum Gasteiger partial charge on any atom is -0.337 e. The molecule has 1 fully saturated rings. The Morgan fingerprint density at radius 3 is 2.45 bits per heavy atom. The molecule has 1 N–H and O–H groups in total. The predicted molar refractivity (Wildman–Crippen MR) is 82.8 cm³/mol. The number of nitrogens with zero attached hydrogens (tertiary/aromatic N) is 6. The van der Waals surface area contributed by atoms with E-state index in [-0.39, 0.29) is 6.03 Å². The largest absolute Gasteiger partial charge is 0.337 e. The van der Waals surface area contributed by atoms with Gasteiger partial charge in [0.05, 0.1) is 0 Å². The van der Waals surface area contributed by atoms with Crippen LogP contribution >= 0.6 is 0 Å². The maximum absolute atomic E-state index is 12.2. The average molecular weight is 301 g/mol. The van der Waals surface area contributed by atoms with Crippen molar-refractivity contribution in [1.82, 2.24) is 24.6 Å². The Labute approximate surface area is 128 Å². The molecule has 1 aliphatic heterocycles. The Morgan fingerprint density at radius 2 is 1.86 bits per heavy atom. The van der Waals surface area contributed by atoms with E-state index < -0.39 is 0 Å². The molecule has 0 atom stereocenters. The molecular weight excluding hydrogens is 282 g/mol. The lowest BCUT2D eigenvalue weighted by Crippen LogP contribution is -2.50. The van der Waals surface area contributed by atoms with Crippen LogP contribution in [0.4, 0.5) is 16.6 Å². The number of hydrogen-bond acceptors (Lipinski definition) is 5. The van der Waals surface area contributed by atoms with Crippen LogP contribution in [0.1, 0.15) is 5.69 Å². The third kappa shape index (κ3) is 3.00. The number of hydrogen-bond donors (Lipinski definition) is 1. The first kappa shape index (κ1) is 14.3. The van der Waals surface area contributed by atoms with E-state index in [1.165, 1.54) is 0 Å². The van der Waals surface area contributed by atoms with Gasteiger partial charge in [0.2, 0.25) is 5.95 Å². The van der Waals surface area contributed by atoms with Crippen molar-refractivity contribution in [2.75, 3.05) is 36.4 Å². The monoisotopic (exact) mass is 301 g/mol. The van der Waals surface area contributed by atoms with E-state index in [4.69, 9.17) is 0 Å². The fourth-order valence-corrected chi connectivity index (χ4v) is 2.37. The zero-order valence-corrected chi connectivity index (χ0v) is 12.7. The molecule has 0 unspecified atom stereocenters. The number of carbonyl (C=O) groups excluding carboxylic acids is 1. The van der Waals surface area contributed by atoms with Gasteiger partial charge in [0.15, 0.2) is 5.82 Å². The van der Waals surface area contributed by atoms with Gasteiger partial charge in [-0.25, -0.2) is 14.8 Å². The lowest BCUT2D eigenvalue weighted by Gasteiger charge is -2.34. The van der Waals surface area contributed by atoms with E-state index >= 15 is 0 Å². The number of aromatic nitrogens is 4. The second-order valence-corrected chi connectivity index (χ2v) is 5.25. The molecule has 0 aliphatic carbocycles. The summed E-state index contributed by atoms with van der Waals surface area (Å²) in [6.07, 6.45) is 3.45. The Balaban J connectivity index is 1.56. The van der Waals surface area contributed by atoms with Crippen LogP contribution < -0.4 is 10.2 Å². The number of carbonyl (C=O) groups is 1. The number of anilines is 2. The summed E-state index contributed by atoms with van der Waals surface area (Å²) in [7, 11) is 1.85. The van der Waals surface area contributed by atoms with Gasteiger partial charge in [-0.2, -0.15) is 5.10 Å². The molecule has 3 rings (SSSR count). The smallest absolute Gasteiger partial charge is 0.323 e. The first-order valence-corrected chi connectivity index (χ1v) is 7.22. The summed E-state index contributed by atoms with van der Waals surface area (Å²) in [5.41, 5.74) is 1.00. The van der Waals surface area contributed by atoms with Gasteiger partial charge < -0.3 is 9.80 Å². The summed E-state index contributed by atoms with van der Waals surface area (Å²) in [5, 5.41) is 7.07. The molecule has 8 nitrogen and oxygen atoms in total. The Kier molecular flexibility index (Phi) is 3.90. The molecule has 1 saturated heterocycles. The number of piperazine rings is 1. The van der Waals surface area contributed by atoms with Crippen molar-refractivity contribution in [2.45, 2.75) is 6.92 Å². The van der Waals surface area contributed by atoms with Crippen LogP contribution in [-0.4, -0.2) is 56.9 Å². The first-order chi connectivity index (χ1) is 10.6. The summed E-state index contributed by atoms with van der Waals surface area (Å²) in [6.45, 7) is 4.66. The van der Waals surface area contributed by atoms with E-state index in [2.05, 4.69) is 25.3 Å². The molecule has 22 heavy (non-hydrogen) atoms. The lowest BCUT2D eigenvalue weighted by atomic mass is 10.3. The molecule has 0 radical (unpaired) electrons. The van der Waals surface area contributed by atoms with Gasteiger partial charge in [0.1, 0.15) is 0 Å². The first-order valence-electron chi connectivity index (χ1n) is 7.22. The number of aryl methyl sites for hydroxylation is 2. The summed E-state index contributed by atoms with van der Waals surface area (Å²) in [4.78, 5) is 24.6. The second-order valence-electron chi connectivity index (χ2n) is 5.25. The highest BCUT2D eigenvalue weighted by Gasteiger charge is 2.22. The summed E-state index contributed by atoms with van der Waals surface area (Å²) in [5.74, 6) is 1.29. The van der Waals surface area contributed by atoms with E-state index in [1.807, 2.05) is 20.0 Å². The standard InChI is InChI=1S/C14H19N7O/c1-11-10-12(18-19(11)2)17-14(22)21-8-6-20(7-9-21)13-15-4-3-5-16-13/h3-5,10H,6-9H2,1-2H3,(H,17,18,22). The fourth-order valence-electron chi connectivity index (χ4n) is 2.37. The molecule has 2 aromatic heterocycles. The van der Waals surface area contributed by atoms with Crippen molar-refractivity contribution in [3.63, 3.8) is 0 Å². The van der Waals surface area contributed by atoms with Crippen molar-refractivity contribution in [1.29, 1.82) is 0 Å². The number of rotatable bonds is 2. The molecular formula is C14H19N7O. The minimum absolute atomic E-state index is 0.119. The topological polar surface area (TPSA) is 79.2 Å². The summed E-state index contributed by atoms with van der Waals surface area (Å²) >= 11 is 0. The van der Waals surface area contributed by atoms with Crippen LogP contribution in [0.5, 0.6) is 0 Å². The molecule has 2 amide bonds. The summed E-state index contributed by atoms with van der Waals surface area (Å²) in [6, 6.07) is 3.53. The molecule has 0 saturated carbocycles. The summed E-state index contributed by atoms with van der Waals surface area (Å²) < 4.78 is 1.74. The zero-order valence-electron chi connectivity index (χ0n) is 12.7. The van der Waals surface area contributed by atoms with Crippen LogP contribution in [0.25, 0.3) is 0 Å². The van der Waals surface area contributed by atoms with E-state index in [1.54, 1.807) is 28.0 Å². The number of amides is 2. The van der Waals surface area contributed by atoms with Crippen LogP contribution in [0.3, 0.4) is 0 Å². The number of nitrogens with one attached hydrogen (secondary N) is 1. The van der Waals surface area contributed by atoms with E-state index in [0.717, 1.165) is 18.8 Å². The molecule has 0 bridgehead atoms. The van der Waals surface area contributed by atoms with Crippen molar-refractivity contribution >= 4 is 17.8 Å². The normalized spacial score (nSPS) is 15.0. The van der Waals surface area contributed by atoms with Gasteiger partial charge >= 0.3 is 6.03 Å². The molecule has 1 aliphatic rings. The zero-order chi connectivity index (χ0) is 15.5. The van der Waals surface area contributed by atoms with Gasteiger partial charge in [-0.05, 0) is 13.0 Å². The van der Waals surface area contributed by atoms with E-state index in [0.29, 0.717) is 24.9 Å². The average Bonchev–Trinajstić information content (AvgIpc) is 2.86. The molecule has 8 heteroatoms. The van der Waals surface area contributed by atoms with Crippen LogP contribution in [-0.2, 0) is 7.05 Å². The fraction of sp³-hybridized carbons (Fsp3) is 0.429. The van der Waals surface area contributed by atoms with Crippen molar-refractivity contribution < 1.29 is 4.79 Å². The third-order valence-electron chi connectivity index (χ3n) is 3.75. The maximum atomic E-state index is 12.2. The molecule has 0 spiro atoms. The molecule has 2 aromatic rings. The Hall–Kier alpha value is -2.64. The van der Waals surface area contributed by atoms with Gasteiger partial charge in [-0.3, -0.25) is 10.00 Å². The van der Waals surface area contributed by atoms with Gasteiger partial charge in [-0.15, -0.1) is 0 Å². The highest BCUT2D eigenvalue weighted by molar-refractivity contribution is 5.88. The molecule has 3 heterocycles. The van der Waals surface area contributed by atoms with Crippen molar-refractivity contribution in [3.05, 3.63) is 30.2 Å². The van der Waals surface area contributed by atoms with Crippen molar-refractivity contribution in [3.8, 4) is 0 Å². The maximum Gasteiger partial charge on any atom is 0.323 e. The lowest BCUT2D eigenvalue weighted by molar-refractivity contribution is 0.208. The second kappa shape index (κ2) is 6.00. The number of urea groups is 1. The van der Waals surface area contributed by atoms with Crippen molar-refractivity contribution in [2.24, 2.45) is 7.05 Å². The van der Waals surface area contributed by atoms with Gasteiger partial charge in [0.25, 0.3) is 0 Å². The third-order valence-corrected chi connectivity index (χ3v) is 3.75. The van der Waals surface area contributed by atoms with Crippen LogP contribution in [0, 0.1) is 6.92 Å². The quantitative estimate of drug-likeness (QED) is 0.890. The Bertz CT molecular complexity index is 627. The van der Waals surface area contributed by atoms with Crippen LogP contribution in [0.15, 0.2) is 24.5 Å². The SMILES string of the molecule is Cc1cc(NC(=O)N2CCN(c3ncccn3)CC2)nn1C. The predicted octanol–water partition coefficient (Wildman–Crippen LogP) is 0.873. The van der Waals surface area contributed by atoms with Crippen LogP contribution in [0.2, 0.25) is 0 Å². The van der Waals surface area contributed by atoms with E-state index in [9.17, 15) is 4.79 Å². The molecule has 0 aromatic carbocycles. The van der Waals surface area contributed by atoms with Gasteiger partial charge in [0, 0.05) is 57.4 Å². The highest BCUT2D eigenvalue weighted by Crippen LogP contribution is 2.12. The molecule has 116 valence electrons. The minimum atomic E-state index is -0.119. The Morgan fingerprint density at radius 1 is 1.18 bits per heavy atom. The van der Waals surface area contributed by atoms with Gasteiger partial charge in [-0.1, -0.05) is 0 Å².